The SMILES string of the molecule is O=c1ccn(C2CC(O)C(CNC3(c4ccccc4)c4ccccc4Oc4ccccc43)O2)c(=O)[nH]1. The van der Waals surface area contributed by atoms with Gasteiger partial charge in [-0.15, -0.1) is 0 Å². The summed E-state index contributed by atoms with van der Waals surface area (Å²) in [6, 6.07) is 27.2. The van der Waals surface area contributed by atoms with E-state index in [0.29, 0.717) is 6.54 Å². The molecule has 6 rings (SSSR count). The number of ether oxygens (including phenoxy) is 2. The second-order valence-corrected chi connectivity index (χ2v) is 9.04. The highest BCUT2D eigenvalue weighted by atomic mass is 16.5. The molecule has 3 aromatic carbocycles. The maximum Gasteiger partial charge on any atom is 0.330 e. The van der Waals surface area contributed by atoms with E-state index >= 15 is 0 Å². The lowest BCUT2D eigenvalue weighted by atomic mass is 9.74. The fraction of sp³-hybridized carbons (Fsp3) is 0.214. The van der Waals surface area contributed by atoms with Crippen LogP contribution in [0.1, 0.15) is 29.3 Å². The molecule has 3 unspecified atom stereocenters. The highest BCUT2D eigenvalue weighted by Gasteiger charge is 2.45. The van der Waals surface area contributed by atoms with Crippen molar-refractivity contribution in [3.63, 3.8) is 0 Å². The molecular formula is C28H25N3O5. The number of rotatable bonds is 5. The molecular weight excluding hydrogens is 458 g/mol. The molecule has 36 heavy (non-hydrogen) atoms. The number of nitrogens with one attached hydrogen (secondary N) is 2. The lowest BCUT2D eigenvalue weighted by Crippen LogP contribution is -2.50. The Bertz CT molecular complexity index is 1470. The van der Waals surface area contributed by atoms with Gasteiger partial charge in [-0.25, -0.2) is 4.79 Å². The first-order chi connectivity index (χ1) is 17.6. The van der Waals surface area contributed by atoms with Gasteiger partial charge in [0.05, 0.1) is 12.2 Å². The molecule has 3 atom stereocenters. The second kappa shape index (κ2) is 8.91. The molecule has 182 valence electrons. The average Bonchev–Trinajstić information content (AvgIpc) is 3.27. The molecule has 3 heterocycles. The van der Waals surface area contributed by atoms with Crippen LogP contribution in [0.25, 0.3) is 0 Å². The van der Waals surface area contributed by atoms with Crippen molar-refractivity contribution in [2.24, 2.45) is 0 Å². The Balaban J connectivity index is 1.39. The Hall–Kier alpha value is -3.98. The van der Waals surface area contributed by atoms with Crippen LogP contribution < -0.4 is 21.3 Å². The van der Waals surface area contributed by atoms with Gasteiger partial charge < -0.3 is 14.6 Å². The van der Waals surface area contributed by atoms with Gasteiger partial charge in [0.15, 0.2) is 0 Å². The number of benzene rings is 3. The summed E-state index contributed by atoms with van der Waals surface area (Å²) in [4.78, 5) is 26.0. The van der Waals surface area contributed by atoms with Gasteiger partial charge in [-0.2, -0.15) is 0 Å². The molecule has 0 amide bonds. The Morgan fingerprint density at radius 2 is 1.56 bits per heavy atom. The maximum atomic E-state index is 12.3. The number of nitrogens with zero attached hydrogens (tertiary/aromatic N) is 1. The summed E-state index contributed by atoms with van der Waals surface area (Å²) in [5, 5.41) is 14.6. The van der Waals surface area contributed by atoms with Gasteiger partial charge in [-0.05, 0) is 17.7 Å². The molecule has 0 radical (unpaired) electrons. The van der Waals surface area contributed by atoms with Crippen LogP contribution in [0, 0.1) is 0 Å². The monoisotopic (exact) mass is 483 g/mol. The predicted molar refractivity (Wildman–Crippen MR) is 133 cm³/mol. The summed E-state index contributed by atoms with van der Waals surface area (Å²) in [6.45, 7) is 0.299. The number of aromatic nitrogens is 2. The molecule has 3 N–H and O–H groups in total. The molecule has 0 spiro atoms. The standard InChI is InChI=1S/C28H25N3O5/c32-21-16-26(31-15-14-25(33)30-27(31)34)36-24(21)17-29-28(18-8-2-1-3-9-18)19-10-4-6-12-22(19)35-23-13-7-5-11-20(23)28/h1-15,21,24,26,29,32H,16-17H2,(H,30,33,34). The van der Waals surface area contributed by atoms with E-state index in [2.05, 4.69) is 22.4 Å². The Morgan fingerprint density at radius 3 is 2.22 bits per heavy atom. The quantitative estimate of drug-likeness (QED) is 0.403. The minimum absolute atomic E-state index is 0.229. The fourth-order valence-corrected chi connectivity index (χ4v) is 5.26. The van der Waals surface area contributed by atoms with Gasteiger partial charge in [-0.1, -0.05) is 66.7 Å². The molecule has 0 aliphatic carbocycles. The third kappa shape index (κ3) is 3.67. The smallest absolute Gasteiger partial charge is 0.330 e. The van der Waals surface area contributed by atoms with Crippen LogP contribution in [0.3, 0.4) is 0 Å². The van der Waals surface area contributed by atoms with Gasteiger partial charge >= 0.3 is 5.69 Å². The number of H-pyrrole nitrogens is 1. The molecule has 0 saturated carbocycles. The van der Waals surface area contributed by atoms with Crippen LogP contribution >= 0.6 is 0 Å². The summed E-state index contributed by atoms with van der Waals surface area (Å²) in [5.41, 5.74) is 1.12. The summed E-state index contributed by atoms with van der Waals surface area (Å²) in [6.07, 6.45) is -0.452. The van der Waals surface area contributed by atoms with E-state index in [0.717, 1.165) is 28.2 Å². The van der Waals surface area contributed by atoms with Crippen molar-refractivity contribution in [2.75, 3.05) is 6.54 Å². The van der Waals surface area contributed by atoms with Crippen LogP contribution in [0.5, 0.6) is 11.5 Å². The van der Waals surface area contributed by atoms with Crippen LogP contribution in [0.2, 0.25) is 0 Å². The number of aliphatic hydroxyl groups excluding tert-OH is 1. The number of aliphatic hydroxyl groups is 1. The zero-order valence-corrected chi connectivity index (χ0v) is 19.3. The van der Waals surface area contributed by atoms with E-state index in [1.807, 2.05) is 66.7 Å². The average molecular weight is 484 g/mol. The molecule has 0 bridgehead atoms. The highest BCUT2D eigenvalue weighted by Crippen LogP contribution is 2.50. The summed E-state index contributed by atoms with van der Waals surface area (Å²) >= 11 is 0. The van der Waals surface area contributed by atoms with Crippen LogP contribution in [-0.2, 0) is 10.3 Å². The lowest BCUT2D eigenvalue weighted by Gasteiger charge is -2.42. The number of aromatic amines is 1. The maximum absolute atomic E-state index is 12.3. The van der Waals surface area contributed by atoms with E-state index in [1.54, 1.807) is 0 Å². The van der Waals surface area contributed by atoms with Crippen molar-refractivity contribution in [3.8, 4) is 11.5 Å². The van der Waals surface area contributed by atoms with Crippen LogP contribution in [-0.4, -0.2) is 33.4 Å². The van der Waals surface area contributed by atoms with Crippen LogP contribution in [0.15, 0.2) is 101 Å². The van der Waals surface area contributed by atoms with Crippen molar-refractivity contribution in [1.82, 2.24) is 14.9 Å². The predicted octanol–water partition coefficient (Wildman–Crippen LogP) is 2.87. The molecule has 4 aromatic rings. The minimum atomic E-state index is -0.806. The number of para-hydroxylation sites is 2. The third-order valence-electron chi connectivity index (χ3n) is 6.94. The van der Waals surface area contributed by atoms with Gasteiger partial charge in [-0.3, -0.25) is 19.7 Å². The summed E-state index contributed by atoms with van der Waals surface area (Å²) in [7, 11) is 0. The van der Waals surface area contributed by atoms with Gasteiger partial charge in [0.25, 0.3) is 5.56 Å². The Kier molecular flexibility index (Phi) is 5.56. The minimum Gasteiger partial charge on any atom is -0.457 e. The van der Waals surface area contributed by atoms with E-state index in [4.69, 9.17) is 9.47 Å². The van der Waals surface area contributed by atoms with E-state index < -0.39 is 35.2 Å². The zero-order valence-electron chi connectivity index (χ0n) is 19.3. The largest absolute Gasteiger partial charge is 0.457 e. The summed E-state index contributed by atoms with van der Waals surface area (Å²) in [5.74, 6) is 1.50. The van der Waals surface area contributed by atoms with E-state index in [-0.39, 0.29) is 6.42 Å². The van der Waals surface area contributed by atoms with Crippen molar-refractivity contribution >= 4 is 0 Å². The van der Waals surface area contributed by atoms with Gasteiger partial charge in [0.1, 0.15) is 23.3 Å². The highest BCUT2D eigenvalue weighted by molar-refractivity contribution is 5.62. The molecule has 8 heteroatoms. The number of fused-ring (bicyclic) bond motifs is 2. The molecule has 2 aliphatic rings. The Morgan fingerprint density at radius 1 is 0.917 bits per heavy atom. The lowest BCUT2D eigenvalue weighted by molar-refractivity contribution is -0.0214. The molecule has 1 saturated heterocycles. The molecule has 8 nitrogen and oxygen atoms in total. The van der Waals surface area contributed by atoms with Crippen LogP contribution in [0.4, 0.5) is 0 Å². The number of hydrogen-bond acceptors (Lipinski definition) is 6. The topological polar surface area (TPSA) is 106 Å². The first-order valence-electron chi connectivity index (χ1n) is 11.9. The van der Waals surface area contributed by atoms with Crippen molar-refractivity contribution in [1.29, 1.82) is 0 Å². The number of hydrogen-bond donors (Lipinski definition) is 3. The zero-order chi connectivity index (χ0) is 24.7. The first-order valence-corrected chi connectivity index (χ1v) is 11.9. The molecule has 2 aliphatic heterocycles. The van der Waals surface area contributed by atoms with E-state index in [9.17, 15) is 14.7 Å². The van der Waals surface area contributed by atoms with Gasteiger partial charge in [0, 0.05) is 36.4 Å². The summed E-state index contributed by atoms with van der Waals surface area (Å²) < 4.78 is 13.7. The second-order valence-electron chi connectivity index (χ2n) is 9.04. The van der Waals surface area contributed by atoms with Crippen molar-refractivity contribution in [2.45, 2.75) is 30.4 Å². The fourth-order valence-electron chi connectivity index (χ4n) is 5.26. The normalized spacial score (nSPS) is 21.9. The van der Waals surface area contributed by atoms with Crippen molar-refractivity contribution in [3.05, 3.63) is 129 Å². The molecule has 1 aromatic heterocycles. The van der Waals surface area contributed by atoms with Crippen molar-refractivity contribution < 1.29 is 14.6 Å². The third-order valence-corrected chi connectivity index (χ3v) is 6.94. The first kappa shape index (κ1) is 22.5. The van der Waals surface area contributed by atoms with Gasteiger partial charge in [0.2, 0.25) is 0 Å². The van der Waals surface area contributed by atoms with E-state index in [1.165, 1.54) is 16.8 Å². The Labute approximate surface area is 206 Å². The molecule has 1 fully saturated rings.